The molecule has 0 aliphatic rings. The van der Waals surface area contributed by atoms with E-state index in [9.17, 15) is 0 Å². The number of hydrogen-bond acceptors (Lipinski definition) is 1. The second kappa shape index (κ2) is 1.77. The standard InChI is InChI=1S/C8H7N2/c9-7-2-1-6-3-4-10-8(6)5-7/h1-3,5,10H,9H2. The zero-order chi connectivity index (χ0) is 6.97. The second-order valence-corrected chi connectivity index (χ2v) is 2.26. The topological polar surface area (TPSA) is 41.8 Å². The molecule has 2 heteroatoms. The van der Waals surface area contributed by atoms with Gasteiger partial charge in [0.1, 0.15) is 0 Å². The van der Waals surface area contributed by atoms with Crippen LogP contribution in [-0.4, -0.2) is 4.98 Å². The Bertz CT molecular complexity index is 349. The van der Waals surface area contributed by atoms with Crippen LogP contribution in [0.4, 0.5) is 5.69 Å². The predicted molar refractivity (Wildman–Crippen MR) is 41.5 cm³/mol. The van der Waals surface area contributed by atoms with Gasteiger partial charge in [-0.15, -0.1) is 0 Å². The first-order valence-corrected chi connectivity index (χ1v) is 3.10. The number of aromatic amines is 1. The van der Waals surface area contributed by atoms with Crippen molar-refractivity contribution in [1.29, 1.82) is 0 Å². The Morgan fingerprint density at radius 2 is 2.30 bits per heavy atom. The average molecular weight is 131 g/mol. The second-order valence-electron chi connectivity index (χ2n) is 2.26. The van der Waals surface area contributed by atoms with E-state index in [2.05, 4.69) is 11.2 Å². The van der Waals surface area contributed by atoms with Crippen molar-refractivity contribution in [3.63, 3.8) is 0 Å². The van der Waals surface area contributed by atoms with Crippen LogP contribution in [0, 0.1) is 6.20 Å². The van der Waals surface area contributed by atoms with Crippen molar-refractivity contribution in [2.24, 2.45) is 0 Å². The van der Waals surface area contributed by atoms with Gasteiger partial charge in [-0.25, -0.2) is 0 Å². The van der Waals surface area contributed by atoms with Crippen molar-refractivity contribution in [3.05, 3.63) is 30.5 Å². The van der Waals surface area contributed by atoms with Crippen LogP contribution in [0.1, 0.15) is 0 Å². The lowest BCUT2D eigenvalue weighted by Crippen LogP contribution is -1.81. The molecule has 49 valence electrons. The van der Waals surface area contributed by atoms with E-state index in [1.54, 1.807) is 0 Å². The summed E-state index contributed by atoms with van der Waals surface area (Å²) in [5.41, 5.74) is 7.37. The Hall–Kier alpha value is -1.44. The molecule has 0 fully saturated rings. The van der Waals surface area contributed by atoms with Crippen LogP contribution in [0.2, 0.25) is 0 Å². The molecule has 0 atom stereocenters. The Balaban J connectivity index is 2.86. The summed E-state index contributed by atoms with van der Waals surface area (Å²) < 4.78 is 0. The van der Waals surface area contributed by atoms with Gasteiger partial charge in [-0.3, -0.25) is 0 Å². The maximum absolute atomic E-state index is 5.55. The van der Waals surface area contributed by atoms with Crippen LogP contribution >= 0.6 is 0 Å². The van der Waals surface area contributed by atoms with Gasteiger partial charge in [-0.2, -0.15) is 0 Å². The minimum Gasteiger partial charge on any atom is -0.399 e. The van der Waals surface area contributed by atoms with E-state index in [1.807, 2.05) is 24.3 Å². The molecule has 1 aromatic heterocycles. The molecule has 10 heavy (non-hydrogen) atoms. The summed E-state index contributed by atoms with van der Waals surface area (Å²) in [6.45, 7) is 0. The lowest BCUT2D eigenvalue weighted by atomic mass is 10.2. The van der Waals surface area contributed by atoms with Gasteiger partial charge in [0.15, 0.2) is 0 Å². The summed E-state index contributed by atoms with van der Waals surface area (Å²) in [4.78, 5) is 2.96. The number of benzene rings is 1. The fourth-order valence-corrected chi connectivity index (χ4v) is 1.000. The van der Waals surface area contributed by atoms with Gasteiger partial charge in [0.2, 0.25) is 0 Å². The average Bonchev–Trinajstić information content (AvgIpc) is 2.33. The Morgan fingerprint density at radius 1 is 1.40 bits per heavy atom. The number of nitrogen functional groups attached to an aromatic ring is 1. The molecule has 0 bridgehead atoms. The van der Waals surface area contributed by atoms with Gasteiger partial charge < -0.3 is 10.7 Å². The third-order valence-electron chi connectivity index (χ3n) is 1.51. The number of fused-ring (bicyclic) bond motifs is 1. The summed E-state index contributed by atoms with van der Waals surface area (Å²) >= 11 is 0. The number of rotatable bonds is 0. The quantitative estimate of drug-likeness (QED) is 0.523. The highest BCUT2D eigenvalue weighted by Crippen LogP contribution is 2.14. The van der Waals surface area contributed by atoms with Gasteiger partial charge in [-0.05, 0) is 18.2 Å². The smallest absolute Gasteiger partial charge is 0.0630 e. The van der Waals surface area contributed by atoms with Crippen LogP contribution in [0.3, 0.4) is 0 Å². The molecule has 0 aliphatic carbocycles. The molecule has 0 amide bonds. The van der Waals surface area contributed by atoms with Gasteiger partial charge >= 0.3 is 0 Å². The van der Waals surface area contributed by atoms with E-state index in [0.717, 1.165) is 16.6 Å². The lowest BCUT2D eigenvalue weighted by Gasteiger charge is -1.90. The SMILES string of the molecule is Nc1ccc2c[c][nH]c2c1. The van der Waals surface area contributed by atoms with Crippen molar-refractivity contribution in [2.45, 2.75) is 0 Å². The zero-order valence-electron chi connectivity index (χ0n) is 5.39. The van der Waals surface area contributed by atoms with Crippen molar-refractivity contribution >= 4 is 16.6 Å². The van der Waals surface area contributed by atoms with E-state index in [0.29, 0.717) is 0 Å². The van der Waals surface area contributed by atoms with Crippen LogP contribution in [-0.2, 0) is 0 Å². The maximum Gasteiger partial charge on any atom is 0.0630 e. The van der Waals surface area contributed by atoms with Crippen molar-refractivity contribution < 1.29 is 0 Å². The molecular weight excluding hydrogens is 124 g/mol. The fraction of sp³-hybridized carbons (Fsp3) is 0. The molecule has 1 radical (unpaired) electrons. The zero-order valence-corrected chi connectivity index (χ0v) is 5.39. The number of anilines is 1. The monoisotopic (exact) mass is 131 g/mol. The van der Waals surface area contributed by atoms with E-state index >= 15 is 0 Å². The van der Waals surface area contributed by atoms with Gasteiger partial charge in [0.05, 0.1) is 6.20 Å². The Labute approximate surface area is 58.7 Å². The first kappa shape index (κ1) is 5.35. The normalized spacial score (nSPS) is 10.4. The van der Waals surface area contributed by atoms with Gasteiger partial charge in [0.25, 0.3) is 0 Å². The van der Waals surface area contributed by atoms with Crippen molar-refractivity contribution in [1.82, 2.24) is 4.98 Å². The molecule has 3 N–H and O–H groups in total. The number of aromatic nitrogens is 1. The molecule has 2 aromatic rings. The molecule has 0 unspecified atom stereocenters. The van der Waals surface area contributed by atoms with E-state index in [1.165, 1.54) is 0 Å². The van der Waals surface area contributed by atoms with Gasteiger partial charge in [0, 0.05) is 16.6 Å². The van der Waals surface area contributed by atoms with E-state index < -0.39 is 0 Å². The third kappa shape index (κ3) is 0.658. The number of hydrogen-bond donors (Lipinski definition) is 2. The Kier molecular flexibility index (Phi) is 0.947. The van der Waals surface area contributed by atoms with E-state index in [4.69, 9.17) is 5.73 Å². The Morgan fingerprint density at radius 3 is 3.20 bits per heavy atom. The lowest BCUT2D eigenvalue weighted by molar-refractivity contribution is 1.46. The molecule has 1 heterocycles. The minimum atomic E-state index is 0.781. The van der Waals surface area contributed by atoms with Crippen LogP contribution in [0.5, 0.6) is 0 Å². The number of nitrogens with one attached hydrogen (secondary N) is 1. The largest absolute Gasteiger partial charge is 0.399 e. The molecule has 0 aliphatic heterocycles. The number of H-pyrrole nitrogens is 1. The van der Waals surface area contributed by atoms with E-state index in [-0.39, 0.29) is 0 Å². The highest BCUT2D eigenvalue weighted by molar-refractivity contribution is 5.81. The number of nitrogens with two attached hydrogens (primary N) is 1. The van der Waals surface area contributed by atoms with Crippen molar-refractivity contribution in [3.8, 4) is 0 Å². The summed E-state index contributed by atoms with van der Waals surface area (Å²) in [5.74, 6) is 0. The minimum absolute atomic E-state index is 0.781. The molecule has 2 nitrogen and oxygen atoms in total. The highest BCUT2D eigenvalue weighted by atomic mass is 14.7. The van der Waals surface area contributed by atoms with Crippen LogP contribution in [0.15, 0.2) is 24.3 Å². The van der Waals surface area contributed by atoms with Gasteiger partial charge in [-0.1, -0.05) is 6.07 Å². The highest BCUT2D eigenvalue weighted by Gasteiger charge is 1.91. The van der Waals surface area contributed by atoms with Crippen LogP contribution in [0.25, 0.3) is 10.9 Å². The summed E-state index contributed by atoms with van der Waals surface area (Å²) in [6, 6.07) is 7.64. The molecule has 0 spiro atoms. The molecular formula is C8H7N2. The first-order valence-electron chi connectivity index (χ1n) is 3.10. The molecule has 0 saturated carbocycles. The molecule has 2 rings (SSSR count). The fourth-order valence-electron chi connectivity index (χ4n) is 1.000. The van der Waals surface area contributed by atoms with Crippen LogP contribution < -0.4 is 5.73 Å². The molecule has 0 saturated heterocycles. The third-order valence-corrected chi connectivity index (χ3v) is 1.51. The summed E-state index contributed by atoms with van der Waals surface area (Å²) in [5, 5.41) is 1.15. The maximum atomic E-state index is 5.55. The predicted octanol–water partition coefficient (Wildman–Crippen LogP) is 1.55. The van der Waals surface area contributed by atoms with Crippen molar-refractivity contribution in [2.75, 3.05) is 5.73 Å². The molecule has 1 aromatic carbocycles. The first-order chi connectivity index (χ1) is 4.86. The summed E-state index contributed by atoms with van der Waals surface area (Å²) in [7, 11) is 0. The summed E-state index contributed by atoms with van der Waals surface area (Å²) in [6.07, 6.45) is 2.88.